The predicted octanol–water partition coefficient (Wildman–Crippen LogP) is 3.03. The highest BCUT2D eigenvalue weighted by Crippen LogP contribution is 2.37. The molecule has 1 aliphatic rings. The van der Waals surface area contributed by atoms with Crippen LogP contribution in [-0.4, -0.2) is 16.2 Å². The van der Waals surface area contributed by atoms with Gasteiger partial charge in [-0.05, 0) is 19.3 Å². The normalized spacial score (nSPS) is 20.5. The highest BCUT2D eigenvalue weighted by Gasteiger charge is 2.38. The van der Waals surface area contributed by atoms with Crippen LogP contribution < -0.4 is 0 Å². The lowest BCUT2D eigenvalue weighted by molar-refractivity contribution is -0.150. The molecule has 0 amide bonds. The van der Waals surface area contributed by atoms with Crippen molar-refractivity contribution in [3.63, 3.8) is 0 Å². The fraction of sp³-hybridized carbons (Fsp3) is 0.692. The second kappa shape index (κ2) is 5.34. The number of hydrogen-bond donors (Lipinski definition) is 1. The highest BCUT2D eigenvalue weighted by molar-refractivity contribution is 5.75. The van der Waals surface area contributed by atoms with E-state index in [1.165, 1.54) is 6.42 Å². The van der Waals surface area contributed by atoms with Gasteiger partial charge in [0.1, 0.15) is 6.26 Å². The molecule has 1 aromatic rings. The molecular formula is C13H19NO3. The van der Waals surface area contributed by atoms with E-state index in [9.17, 15) is 9.90 Å². The van der Waals surface area contributed by atoms with Crippen LogP contribution in [0.25, 0.3) is 0 Å². The minimum Gasteiger partial charge on any atom is -0.481 e. The van der Waals surface area contributed by atoms with Crippen LogP contribution in [0.3, 0.4) is 0 Å². The Kier molecular flexibility index (Phi) is 3.82. The molecule has 0 aliphatic heterocycles. The third-order valence-corrected chi connectivity index (χ3v) is 3.79. The number of aliphatic carboxylic acids is 1. The minimum absolute atomic E-state index is 0.547. The maximum Gasteiger partial charge on any atom is 0.309 e. The monoisotopic (exact) mass is 237 g/mol. The van der Waals surface area contributed by atoms with E-state index in [-0.39, 0.29) is 0 Å². The zero-order valence-corrected chi connectivity index (χ0v) is 10.0. The third-order valence-electron chi connectivity index (χ3n) is 3.79. The van der Waals surface area contributed by atoms with Crippen molar-refractivity contribution < 1.29 is 14.4 Å². The molecule has 0 bridgehead atoms. The lowest BCUT2D eigenvalue weighted by atomic mass is 9.72. The van der Waals surface area contributed by atoms with Crippen LogP contribution in [-0.2, 0) is 11.2 Å². The van der Waals surface area contributed by atoms with Gasteiger partial charge in [-0.15, -0.1) is 0 Å². The van der Waals surface area contributed by atoms with Crippen LogP contribution in [0.2, 0.25) is 0 Å². The molecule has 2 rings (SSSR count). The molecule has 4 heteroatoms. The Balaban J connectivity index is 2.14. The summed E-state index contributed by atoms with van der Waals surface area (Å²) in [5.74, 6) is -0.666. The summed E-state index contributed by atoms with van der Waals surface area (Å²) in [6.45, 7) is 0. The molecule has 17 heavy (non-hydrogen) atoms. The van der Waals surface area contributed by atoms with Gasteiger partial charge in [0.2, 0.25) is 0 Å². The largest absolute Gasteiger partial charge is 0.481 e. The average Bonchev–Trinajstić information content (AvgIpc) is 2.74. The maximum atomic E-state index is 11.6. The molecule has 1 heterocycles. The number of rotatable bonds is 3. The summed E-state index contributed by atoms with van der Waals surface area (Å²) < 4.78 is 4.79. The van der Waals surface area contributed by atoms with Crippen LogP contribution in [0.1, 0.15) is 50.5 Å². The Bertz CT molecular complexity index is 351. The van der Waals surface area contributed by atoms with Crippen molar-refractivity contribution in [2.75, 3.05) is 0 Å². The topological polar surface area (TPSA) is 63.3 Å². The van der Waals surface area contributed by atoms with Crippen LogP contribution in [0.5, 0.6) is 0 Å². The molecule has 0 radical (unpaired) electrons. The summed E-state index contributed by atoms with van der Waals surface area (Å²) in [4.78, 5) is 11.6. The zero-order valence-electron chi connectivity index (χ0n) is 10.0. The first-order chi connectivity index (χ1) is 8.23. The average molecular weight is 237 g/mol. The first-order valence-corrected chi connectivity index (χ1v) is 6.35. The second-order valence-electron chi connectivity index (χ2n) is 5.06. The van der Waals surface area contributed by atoms with Crippen molar-refractivity contribution in [1.29, 1.82) is 0 Å². The van der Waals surface area contributed by atoms with E-state index in [1.807, 2.05) is 0 Å². The Labute approximate surface area is 101 Å². The summed E-state index contributed by atoms with van der Waals surface area (Å²) in [5.41, 5.74) is 0.291. The molecule has 0 saturated heterocycles. The van der Waals surface area contributed by atoms with Crippen LogP contribution in [0, 0.1) is 5.41 Å². The van der Waals surface area contributed by atoms with Crippen LogP contribution >= 0.6 is 0 Å². The lowest BCUT2D eigenvalue weighted by Crippen LogP contribution is -2.34. The van der Waals surface area contributed by atoms with Gasteiger partial charge < -0.3 is 9.63 Å². The lowest BCUT2D eigenvalue weighted by Gasteiger charge is -2.30. The second-order valence-corrected chi connectivity index (χ2v) is 5.06. The SMILES string of the molecule is O=C(O)C1(Cc2cnoc2)CCCCCCC1. The number of nitrogens with zero attached hydrogens (tertiary/aromatic N) is 1. The van der Waals surface area contributed by atoms with Gasteiger partial charge in [-0.2, -0.15) is 0 Å². The molecule has 4 nitrogen and oxygen atoms in total. The maximum absolute atomic E-state index is 11.6. The molecule has 0 aromatic carbocycles. The van der Waals surface area contributed by atoms with Gasteiger partial charge in [0.15, 0.2) is 0 Å². The standard InChI is InChI=1S/C13H19NO3/c15-12(16)13(8-11-9-14-17-10-11)6-4-2-1-3-5-7-13/h9-10H,1-8H2,(H,15,16). The molecule has 0 spiro atoms. The Morgan fingerprint density at radius 2 is 1.94 bits per heavy atom. The minimum atomic E-state index is -0.666. The van der Waals surface area contributed by atoms with Crippen molar-refractivity contribution in [1.82, 2.24) is 5.16 Å². The fourth-order valence-electron chi connectivity index (χ4n) is 2.75. The van der Waals surface area contributed by atoms with Gasteiger partial charge in [-0.25, -0.2) is 0 Å². The molecule has 0 unspecified atom stereocenters. The molecule has 1 saturated carbocycles. The predicted molar refractivity (Wildman–Crippen MR) is 62.6 cm³/mol. The third kappa shape index (κ3) is 2.87. The molecular weight excluding hydrogens is 218 g/mol. The highest BCUT2D eigenvalue weighted by atomic mass is 16.5. The van der Waals surface area contributed by atoms with E-state index in [4.69, 9.17) is 4.52 Å². The number of hydrogen-bond acceptors (Lipinski definition) is 3. The molecule has 94 valence electrons. The van der Waals surface area contributed by atoms with Gasteiger partial charge in [-0.3, -0.25) is 4.79 Å². The van der Waals surface area contributed by atoms with E-state index >= 15 is 0 Å². The molecule has 0 atom stereocenters. The van der Waals surface area contributed by atoms with E-state index in [0.717, 1.165) is 44.1 Å². The summed E-state index contributed by atoms with van der Waals surface area (Å²) in [6.07, 6.45) is 10.8. The number of aromatic nitrogens is 1. The Hall–Kier alpha value is -1.32. The van der Waals surface area contributed by atoms with Crippen molar-refractivity contribution in [3.05, 3.63) is 18.0 Å². The number of carboxylic acid groups (broad SMARTS) is 1. The number of carboxylic acids is 1. The summed E-state index contributed by atoms with van der Waals surface area (Å²) in [5, 5.41) is 13.2. The van der Waals surface area contributed by atoms with Crippen molar-refractivity contribution in [2.24, 2.45) is 5.41 Å². The smallest absolute Gasteiger partial charge is 0.309 e. The van der Waals surface area contributed by atoms with Gasteiger partial charge in [0, 0.05) is 5.56 Å². The fourth-order valence-corrected chi connectivity index (χ4v) is 2.75. The summed E-state index contributed by atoms with van der Waals surface area (Å²) in [6, 6.07) is 0. The first kappa shape index (κ1) is 12.1. The van der Waals surface area contributed by atoms with E-state index in [0.29, 0.717) is 6.42 Å². The first-order valence-electron chi connectivity index (χ1n) is 6.35. The van der Waals surface area contributed by atoms with Crippen molar-refractivity contribution in [3.8, 4) is 0 Å². The van der Waals surface area contributed by atoms with E-state index in [2.05, 4.69) is 5.16 Å². The molecule has 1 fully saturated rings. The quantitative estimate of drug-likeness (QED) is 0.877. The molecule has 1 aromatic heterocycles. The van der Waals surface area contributed by atoms with Crippen LogP contribution in [0.15, 0.2) is 17.0 Å². The van der Waals surface area contributed by atoms with Gasteiger partial charge >= 0.3 is 5.97 Å². The summed E-state index contributed by atoms with van der Waals surface area (Å²) >= 11 is 0. The zero-order chi connectivity index (χ0) is 12.1. The van der Waals surface area contributed by atoms with E-state index in [1.54, 1.807) is 12.5 Å². The van der Waals surface area contributed by atoms with Gasteiger partial charge in [0.05, 0.1) is 11.6 Å². The summed E-state index contributed by atoms with van der Waals surface area (Å²) in [7, 11) is 0. The van der Waals surface area contributed by atoms with Crippen molar-refractivity contribution in [2.45, 2.75) is 51.4 Å². The van der Waals surface area contributed by atoms with Crippen molar-refractivity contribution >= 4 is 5.97 Å². The van der Waals surface area contributed by atoms with Gasteiger partial charge in [-0.1, -0.05) is 37.3 Å². The van der Waals surface area contributed by atoms with E-state index < -0.39 is 11.4 Å². The molecule has 1 aliphatic carbocycles. The Morgan fingerprint density at radius 3 is 2.47 bits per heavy atom. The van der Waals surface area contributed by atoms with Crippen LogP contribution in [0.4, 0.5) is 0 Å². The number of carbonyl (C=O) groups is 1. The Morgan fingerprint density at radius 1 is 1.29 bits per heavy atom. The van der Waals surface area contributed by atoms with Gasteiger partial charge in [0.25, 0.3) is 0 Å². The molecule has 1 N–H and O–H groups in total.